The van der Waals surface area contributed by atoms with E-state index < -0.39 is 0 Å². The number of nitrogens with two attached hydrogens (primary N) is 1. The van der Waals surface area contributed by atoms with E-state index in [9.17, 15) is 0 Å². The van der Waals surface area contributed by atoms with Crippen LogP contribution < -0.4 is 10.6 Å². The molecule has 1 aromatic rings. The van der Waals surface area contributed by atoms with Crippen LogP contribution in [0.4, 0.5) is 5.69 Å². The van der Waals surface area contributed by atoms with Crippen LogP contribution in [0.3, 0.4) is 0 Å². The highest BCUT2D eigenvalue weighted by Gasteiger charge is 2.21. The first-order valence-corrected chi connectivity index (χ1v) is 7.86. The number of hydrogen-bond acceptors (Lipinski definition) is 3. The van der Waals surface area contributed by atoms with Crippen LogP contribution in [0.1, 0.15) is 46.1 Å². The molecule has 5 heteroatoms. The third-order valence-corrected chi connectivity index (χ3v) is 3.83. The summed E-state index contributed by atoms with van der Waals surface area (Å²) in [6, 6.07) is 5.97. The maximum Gasteiger partial charge on any atom is 0.172 e. The van der Waals surface area contributed by atoms with Gasteiger partial charge in [-0.1, -0.05) is 44.5 Å². The Labute approximate surface area is 132 Å². The van der Waals surface area contributed by atoms with E-state index in [1.54, 1.807) is 6.07 Å². The van der Waals surface area contributed by atoms with Gasteiger partial charge in [-0.15, -0.1) is 0 Å². The van der Waals surface area contributed by atoms with Gasteiger partial charge >= 0.3 is 0 Å². The lowest BCUT2D eigenvalue weighted by Crippen LogP contribution is -2.38. The Kier molecular flexibility index (Phi) is 6.82. The third kappa shape index (κ3) is 4.53. The Morgan fingerprint density at radius 2 is 1.95 bits per heavy atom. The van der Waals surface area contributed by atoms with Gasteiger partial charge in [-0.3, -0.25) is 0 Å². The first-order chi connectivity index (χ1) is 9.94. The van der Waals surface area contributed by atoms with Crippen molar-refractivity contribution in [3.8, 4) is 0 Å². The standard InChI is InChI=1S/C16H26ClN3O/c1-5-13(6-2)20(10-11(3)4)15-8-7-12(17)9-14(15)16(18)19-21/h7-9,11,13,21H,5-6,10H2,1-4H3,(H2,18,19). The average Bonchev–Trinajstić information content (AvgIpc) is 2.46. The molecule has 0 saturated carbocycles. The highest BCUT2D eigenvalue weighted by molar-refractivity contribution is 6.31. The molecule has 0 unspecified atom stereocenters. The van der Waals surface area contributed by atoms with E-state index in [1.165, 1.54) is 0 Å². The molecule has 0 bridgehead atoms. The summed E-state index contributed by atoms with van der Waals surface area (Å²) in [6.07, 6.45) is 2.09. The minimum Gasteiger partial charge on any atom is -0.409 e. The van der Waals surface area contributed by atoms with E-state index in [-0.39, 0.29) is 5.84 Å². The number of halogens is 1. The van der Waals surface area contributed by atoms with Crippen LogP contribution in [-0.2, 0) is 0 Å². The van der Waals surface area contributed by atoms with Crippen LogP contribution in [0.2, 0.25) is 5.02 Å². The fraction of sp³-hybridized carbons (Fsp3) is 0.562. The van der Waals surface area contributed by atoms with Crippen LogP contribution in [0.15, 0.2) is 23.4 Å². The second-order valence-corrected chi connectivity index (χ2v) is 6.10. The van der Waals surface area contributed by atoms with Crippen LogP contribution in [0.5, 0.6) is 0 Å². The monoisotopic (exact) mass is 311 g/mol. The Bertz CT molecular complexity index is 484. The van der Waals surface area contributed by atoms with E-state index in [1.807, 2.05) is 12.1 Å². The summed E-state index contributed by atoms with van der Waals surface area (Å²) in [5, 5.41) is 12.7. The van der Waals surface area contributed by atoms with Crippen molar-refractivity contribution < 1.29 is 5.21 Å². The average molecular weight is 312 g/mol. The minimum atomic E-state index is 0.0900. The smallest absolute Gasteiger partial charge is 0.172 e. The van der Waals surface area contributed by atoms with Crippen molar-refractivity contribution in [1.82, 2.24) is 0 Å². The molecule has 0 atom stereocenters. The molecule has 118 valence electrons. The van der Waals surface area contributed by atoms with Crippen LogP contribution >= 0.6 is 11.6 Å². The van der Waals surface area contributed by atoms with E-state index >= 15 is 0 Å². The van der Waals surface area contributed by atoms with E-state index in [2.05, 4.69) is 37.8 Å². The Morgan fingerprint density at radius 1 is 1.33 bits per heavy atom. The van der Waals surface area contributed by atoms with Crippen molar-refractivity contribution >= 4 is 23.1 Å². The minimum absolute atomic E-state index is 0.0900. The van der Waals surface area contributed by atoms with Gasteiger partial charge in [-0.2, -0.15) is 0 Å². The molecule has 1 rings (SSSR count). The van der Waals surface area contributed by atoms with Crippen molar-refractivity contribution in [3.63, 3.8) is 0 Å². The predicted molar refractivity (Wildman–Crippen MR) is 90.5 cm³/mol. The second kappa shape index (κ2) is 8.13. The number of anilines is 1. The molecule has 4 nitrogen and oxygen atoms in total. The summed E-state index contributed by atoms with van der Waals surface area (Å²) in [5.74, 6) is 0.605. The van der Waals surface area contributed by atoms with Crippen molar-refractivity contribution in [2.24, 2.45) is 16.8 Å². The SMILES string of the molecule is CCC(CC)N(CC(C)C)c1ccc(Cl)cc1C(N)=NO. The van der Waals surface area contributed by atoms with Gasteiger partial charge < -0.3 is 15.8 Å². The van der Waals surface area contributed by atoms with Gasteiger partial charge in [0.2, 0.25) is 0 Å². The molecule has 0 aliphatic heterocycles. The third-order valence-electron chi connectivity index (χ3n) is 3.60. The number of hydrogen-bond donors (Lipinski definition) is 2. The fourth-order valence-electron chi connectivity index (χ4n) is 2.58. The molecule has 0 spiro atoms. The lowest BCUT2D eigenvalue weighted by atomic mass is 10.0. The second-order valence-electron chi connectivity index (χ2n) is 5.66. The van der Waals surface area contributed by atoms with Crippen LogP contribution in [0.25, 0.3) is 0 Å². The van der Waals surface area contributed by atoms with Gasteiger partial charge in [-0.25, -0.2) is 0 Å². The normalized spacial score (nSPS) is 12.2. The quantitative estimate of drug-likeness (QED) is 0.345. The maximum atomic E-state index is 9.02. The van der Waals surface area contributed by atoms with E-state index in [4.69, 9.17) is 22.5 Å². The lowest BCUT2D eigenvalue weighted by Gasteiger charge is -2.35. The fourth-order valence-corrected chi connectivity index (χ4v) is 2.76. The number of rotatable bonds is 7. The molecule has 0 aliphatic carbocycles. The summed E-state index contributed by atoms with van der Waals surface area (Å²) in [7, 11) is 0. The number of oxime groups is 1. The van der Waals surface area contributed by atoms with Crippen molar-refractivity contribution in [3.05, 3.63) is 28.8 Å². The van der Waals surface area contributed by atoms with Gasteiger partial charge in [-0.05, 0) is 37.0 Å². The topological polar surface area (TPSA) is 61.8 Å². The molecule has 0 amide bonds. The molecular weight excluding hydrogens is 286 g/mol. The molecule has 0 radical (unpaired) electrons. The summed E-state index contributed by atoms with van der Waals surface area (Å²) < 4.78 is 0. The molecule has 21 heavy (non-hydrogen) atoms. The zero-order chi connectivity index (χ0) is 16.0. The van der Waals surface area contributed by atoms with Crippen LogP contribution in [-0.4, -0.2) is 23.6 Å². The molecule has 0 saturated heterocycles. The molecule has 0 heterocycles. The van der Waals surface area contributed by atoms with Gasteiger partial charge in [0.15, 0.2) is 5.84 Å². The first kappa shape index (κ1) is 17.6. The Hall–Kier alpha value is -1.42. The molecule has 1 aromatic carbocycles. The first-order valence-electron chi connectivity index (χ1n) is 7.48. The Balaban J connectivity index is 3.35. The van der Waals surface area contributed by atoms with Crippen LogP contribution in [0, 0.1) is 5.92 Å². The van der Waals surface area contributed by atoms with Gasteiger partial charge in [0.25, 0.3) is 0 Å². The highest BCUT2D eigenvalue weighted by Crippen LogP contribution is 2.28. The zero-order valence-corrected chi connectivity index (χ0v) is 14.1. The maximum absolute atomic E-state index is 9.02. The largest absolute Gasteiger partial charge is 0.409 e. The van der Waals surface area contributed by atoms with E-state index in [0.717, 1.165) is 25.1 Å². The highest BCUT2D eigenvalue weighted by atomic mass is 35.5. The molecule has 0 aromatic heterocycles. The van der Waals surface area contributed by atoms with Gasteiger partial charge in [0.05, 0.1) is 0 Å². The van der Waals surface area contributed by atoms with Crippen molar-refractivity contribution in [1.29, 1.82) is 0 Å². The molecular formula is C16H26ClN3O. The summed E-state index contributed by atoms with van der Waals surface area (Å²) in [4.78, 5) is 2.34. The number of benzene rings is 1. The summed E-state index contributed by atoms with van der Waals surface area (Å²) in [6.45, 7) is 9.66. The number of amidine groups is 1. The summed E-state index contributed by atoms with van der Waals surface area (Å²) in [5.41, 5.74) is 7.48. The predicted octanol–water partition coefficient (Wildman–Crippen LogP) is 4.09. The van der Waals surface area contributed by atoms with Gasteiger partial charge in [0, 0.05) is 28.9 Å². The molecule has 0 fully saturated rings. The molecule has 0 aliphatic rings. The van der Waals surface area contributed by atoms with Gasteiger partial charge in [0.1, 0.15) is 0 Å². The molecule has 3 N–H and O–H groups in total. The van der Waals surface area contributed by atoms with E-state index in [0.29, 0.717) is 22.5 Å². The van der Waals surface area contributed by atoms with Crippen molar-refractivity contribution in [2.75, 3.05) is 11.4 Å². The zero-order valence-electron chi connectivity index (χ0n) is 13.3. The number of nitrogens with zero attached hydrogens (tertiary/aromatic N) is 2. The lowest BCUT2D eigenvalue weighted by molar-refractivity contribution is 0.318. The van der Waals surface area contributed by atoms with Crippen molar-refractivity contribution in [2.45, 2.75) is 46.6 Å². The Morgan fingerprint density at radius 3 is 2.43 bits per heavy atom. The summed E-state index contributed by atoms with van der Waals surface area (Å²) >= 11 is 6.06.